The molecule has 3 aromatic carbocycles. The molecule has 0 bridgehead atoms. The predicted molar refractivity (Wildman–Crippen MR) is 126 cm³/mol. The average Bonchev–Trinajstić information content (AvgIpc) is 3.45. The van der Waals surface area contributed by atoms with E-state index in [4.69, 9.17) is 43.6 Å². The van der Waals surface area contributed by atoms with E-state index in [0.29, 0.717) is 38.2 Å². The summed E-state index contributed by atoms with van der Waals surface area (Å²) in [5, 5.41) is 3.57. The Balaban J connectivity index is 1.39. The van der Waals surface area contributed by atoms with Crippen LogP contribution in [0.15, 0.2) is 69.5 Å². The van der Waals surface area contributed by atoms with E-state index in [1.54, 1.807) is 42.5 Å². The molecule has 1 N–H and O–H groups in total. The number of halogens is 5. The highest BCUT2D eigenvalue weighted by molar-refractivity contribution is 6.35. The van der Waals surface area contributed by atoms with E-state index in [-0.39, 0.29) is 22.2 Å². The van der Waals surface area contributed by atoms with Gasteiger partial charge in [0.2, 0.25) is 5.89 Å². The minimum absolute atomic E-state index is 0.0106. The number of benzene rings is 3. The van der Waals surface area contributed by atoms with E-state index in [1.807, 2.05) is 0 Å². The van der Waals surface area contributed by atoms with E-state index < -0.39 is 17.5 Å². The van der Waals surface area contributed by atoms with Crippen molar-refractivity contribution in [3.05, 3.63) is 93.1 Å². The fourth-order valence-corrected chi connectivity index (χ4v) is 3.90. The maximum absolute atomic E-state index is 13.6. The van der Waals surface area contributed by atoms with Crippen LogP contribution in [0, 0.1) is 11.6 Å². The first-order valence-corrected chi connectivity index (χ1v) is 10.8. The Kier molecular flexibility index (Phi) is 5.77. The maximum Gasteiger partial charge on any atom is 0.291 e. The van der Waals surface area contributed by atoms with Gasteiger partial charge in [-0.1, -0.05) is 34.8 Å². The summed E-state index contributed by atoms with van der Waals surface area (Å²) in [6.07, 6.45) is 0. The molecule has 0 saturated carbocycles. The monoisotopic (exact) mass is 518 g/mol. The van der Waals surface area contributed by atoms with Gasteiger partial charge in [-0.25, -0.2) is 13.8 Å². The maximum atomic E-state index is 13.6. The number of hydrogen-bond donors (Lipinski definition) is 1. The number of hydrogen-bond acceptors (Lipinski definition) is 4. The molecule has 0 saturated heterocycles. The molecule has 5 aromatic rings. The Bertz CT molecular complexity index is 1580. The van der Waals surface area contributed by atoms with E-state index in [0.717, 1.165) is 12.1 Å². The van der Waals surface area contributed by atoms with E-state index >= 15 is 0 Å². The molecule has 34 heavy (non-hydrogen) atoms. The summed E-state index contributed by atoms with van der Waals surface area (Å²) < 4.78 is 38.3. The fraction of sp³-hybridized carbons (Fsp3) is 0. The normalized spacial score (nSPS) is 11.2. The summed E-state index contributed by atoms with van der Waals surface area (Å²) in [5.74, 6) is -2.20. The molecule has 10 heteroatoms. The van der Waals surface area contributed by atoms with Crippen LogP contribution in [-0.2, 0) is 0 Å². The van der Waals surface area contributed by atoms with Crippen molar-refractivity contribution in [2.45, 2.75) is 0 Å². The van der Waals surface area contributed by atoms with Gasteiger partial charge < -0.3 is 14.2 Å². The van der Waals surface area contributed by atoms with E-state index in [2.05, 4.69) is 10.3 Å². The van der Waals surface area contributed by atoms with Gasteiger partial charge in [0.25, 0.3) is 5.91 Å². The van der Waals surface area contributed by atoms with Crippen molar-refractivity contribution < 1.29 is 22.4 Å². The van der Waals surface area contributed by atoms with Crippen LogP contribution in [0.4, 0.5) is 14.5 Å². The molecule has 0 radical (unpaired) electrons. The molecule has 5 nitrogen and oxygen atoms in total. The third-order valence-corrected chi connectivity index (χ3v) is 5.79. The first kappa shape index (κ1) is 22.4. The molecule has 0 unspecified atom stereocenters. The number of oxazole rings is 1. The molecule has 1 amide bonds. The smallest absolute Gasteiger partial charge is 0.291 e. The number of rotatable bonds is 4. The van der Waals surface area contributed by atoms with Gasteiger partial charge in [-0.2, -0.15) is 0 Å². The second-order valence-corrected chi connectivity index (χ2v) is 8.44. The SMILES string of the molecule is O=C(Nc1ccc2oc(-c3cc(F)c(F)cc3Cl)nc2c1)c1ccc(-c2cc(Cl)ccc2Cl)o1. The molecule has 2 heterocycles. The van der Waals surface area contributed by atoms with Crippen molar-refractivity contribution >= 4 is 57.5 Å². The van der Waals surface area contributed by atoms with Gasteiger partial charge in [0.15, 0.2) is 23.0 Å². The molecule has 0 atom stereocenters. The lowest BCUT2D eigenvalue weighted by Crippen LogP contribution is -2.10. The van der Waals surface area contributed by atoms with Crippen molar-refractivity contribution in [1.29, 1.82) is 0 Å². The van der Waals surface area contributed by atoms with Crippen LogP contribution in [-0.4, -0.2) is 10.9 Å². The summed E-state index contributed by atoms with van der Waals surface area (Å²) in [4.78, 5) is 17.0. The van der Waals surface area contributed by atoms with Crippen LogP contribution in [0.2, 0.25) is 15.1 Å². The molecule has 0 fully saturated rings. The number of fused-ring (bicyclic) bond motifs is 1. The van der Waals surface area contributed by atoms with Crippen molar-refractivity contribution in [2.24, 2.45) is 0 Å². The van der Waals surface area contributed by atoms with Gasteiger partial charge in [0.05, 0.1) is 15.6 Å². The van der Waals surface area contributed by atoms with Crippen molar-refractivity contribution in [2.75, 3.05) is 5.32 Å². The summed E-state index contributed by atoms with van der Waals surface area (Å²) in [6.45, 7) is 0. The van der Waals surface area contributed by atoms with Gasteiger partial charge in [-0.15, -0.1) is 0 Å². The minimum Gasteiger partial charge on any atom is -0.451 e. The third kappa shape index (κ3) is 4.25. The molecular formula is C24H11Cl3F2N2O3. The Morgan fingerprint density at radius 1 is 0.824 bits per heavy atom. The molecule has 0 aliphatic rings. The van der Waals surface area contributed by atoms with Crippen LogP contribution in [0.25, 0.3) is 33.9 Å². The Morgan fingerprint density at radius 3 is 2.44 bits per heavy atom. The average molecular weight is 520 g/mol. The minimum atomic E-state index is -1.08. The molecular weight excluding hydrogens is 509 g/mol. The molecule has 0 spiro atoms. The van der Waals surface area contributed by atoms with Gasteiger partial charge >= 0.3 is 0 Å². The van der Waals surface area contributed by atoms with Crippen LogP contribution in [0.3, 0.4) is 0 Å². The topological polar surface area (TPSA) is 68.3 Å². The number of nitrogens with one attached hydrogen (secondary N) is 1. The van der Waals surface area contributed by atoms with Crippen LogP contribution >= 0.6 is 34.8 Å². The zero-order chi connectivity index (χ0) is 24.0. The molecule has 170 valence electrons. The summed E-state index contributed by atoms with van der Waals surface area (Å²) in [7, 11) is 0. The summed E-state index contributed by atoms with van der Waals surface area (Å²) in [5.41, 5.74) is 1.81. The molecule has 0 aliphatic heterocycles. The van der Waals surface area contributed by atoms with E-state index in [9.17, 15) is 13.6 Å². The van der Waals surface area contributed by atoms with Gasteiger partial charge in [-0.3, -0.25) is 4.79 Å². The zero-order valence-corrected chi connectivity index (χ0v) is 19.1. The van der Waals surface area contributed by atoms with E-state index in [1.165, 1.54) is 6.07 Å². The number of anilines is 1. The largest absolute Gasteiger partial charge is 0.451 e. The molecule has 5 rings (SSSR count). The van der Waals surface area contributed by atoms with Crippen molar-refractivity contribution in [3.63, 3.8) is 0 Å². The highest BCUT2D eigenvalue weighted by Crippen LogP contribution is 2.34. The first-order valence-electron chi connectivity index (χ1n) is 9.70. The van der Waals surface area contributed by atoms with Crippen molar-refractivity contribution in [3.8, 4) is 22.8 Å². The summed E-state index contributed by atoms with van der Waals surface area (Å²) >= 11 is 18.2. The zero-order valence-electron chi connectivity index (χ0n) is 16.8. The molecule has 2 aromatic heterocycles. The third-order valence-electron chi connectivity index (χ3n) is 4.91. The van der Waals surface area contributed by atoms with Crippen LogP contribution in [0.1, 0.15) is 10.6 Å². The lowest BCUT2D eigenvalue weighted by Gasteiger charge is -2.03. The lowest BCUT2D eigenvalue weighted by molar-refractivity contribution is 0.0997. The number of nitrogens with zero attached hydrogens (tertiary/aromatic N) is 1. The highest BCUT2D eigenvalue weighted by atomic mass is 35.5. The number of amides is 1. The van der Waals surface area contributed by atoms with Crippen LogP contribution < -0.4 is 5.32 Å². The Labute approximate surface area is 205 Å². The predicted octanol–water partition coefficient (Wildman–Crippen LogP) is 8.25. The lowest BCUT2D eigenvalue weighted by atomic mass is 10.2. The second kappa shape index (κ2) is 8.76. The molecule has 0 aliphatic carbocycles. The fourth-order valence-electron chi connectivity index (χ4n) is 3.29. The number of furan rings is 1. The summed E-state index contributed by atoms with van der Waals surface area (Å²) in [6, 6.07) is 14.5. The van der Waals surface area contributed by atoms with Crippen LogP contribution in [0.5, 0.6) is 0 Å². The number of carbonyl (C=O) groups excluding carboxylic acids is 1. The number of carbonyl (C=O) groups is 1. The number of aromatic nitrogens is 1. The van der Waals surface area contributed by atoms with Gasteiger partial charge in [0, 0.05) is 16.3 Å². The Hall–Kier alpha value is -3.39. The highest BCUT2D eigenvalue weighted by Gasteiger charge is 2.18. The van der Waals surface area contributed by atoms with Gasteiger partial charge in [0.1, 0.15) is 11.3 Å². The Morgan fingerprint density at radius 2 is 1.62 bits per heavy atom. The second-order valence-electron chi connectivity index (χ2n) is 7.19. The quantitative estimate of drug-likeness (QED) is 0.243. The standard InChI is InChI=1S/C24H11Cl3F2N2O3/c25-11-1-3-15(26)13(7-11)20-5-6-22(33-20)23(32)30-12-2-4-21-19(8-12)31-24(34-21)14-9-17(28)18(29)10-16(14)27/h1-10H,(H,30,32). The first-order chi connectivity index (χ1) is 16.3. The van der Waals surface area contributed by atoms with Crippen molar-refractivity contribution in [1.82, 2.24) is 4.98 Å². The van der Waals surface area contributed by atoms with Gasteiger partial charge in [-0.05, 0) is 60.7 Å².